The number of amides is 2. The maximum Gasteiger partial charge on any atom is 0.226 e. The van der Waals surface area contributed by atoms with Crippen LogP contribution in [0, 0.1) is 0 Å². The van der Waals surface area contributed by atoms with Gasteiger partial charge in [-0.2, -0.15) is 0 Å². The van der Waals surface area contributed by atoms with Gasteiger partial charge < -0.3 is 20.7 Å². The zero-order valence-electron chi connectivity index (χ0n) is 13.8. The normalized spacial score (nSPS) is 9.92. The molecule has 2 amide bonds. The van der Waals surface area contributed by atoms with Crippen molar-refractivity contribution in [1.29, 1.82) is 0 Å². The van der Waals surface area contributed by atoms with Crippen LogP contribution in [0.4, 0.5) is 17.1 Å². The number of para-hydroxylation sites is 2. The summed E-state index contributed by atoms with van der Waals surface area (Å²) in [6.07, 6.45) is 0.308. The van der Waals surface area contributed by atoms with Gasteiger partial charge in [-0.3, -0.25) is 9.59 Å². The van der Waals surface area contributed by atoms with Crippen molar-refractivity contribution in [3.05, 3.63) is 48.5 Å². The van der Waals surface area contributed by atoms with Crippen LogP contribution in [0.25, 0.3) is 0 Å². The topological polar surface area (TPSA) is 79.5 Å². The molecule has 0 aromatic heterocycles. The van der Waals surface area contributed by atoms with Crippen LogP contribution < -0.4 is 20.7 Å². The van der Waals surface area contributed by atoms with Crippen LogP contribution in [0.15, 0.2) is 48.5 Å². The first-order valence-electron chi connectivity index (χ1n) is 7.63. The van der Waals surface area contributed by atoms with E-state index in [0.717, 1.165) is 5.69 Å². The molecule has 0 aliphatic rings. The van der Waals surface area contributed by atoms with Crippen molar-refractivity contribution in [3.63, 3.8) is 0 Å². The van der Waals surface area contributed by atoms with E-state index in [1.807, 2.05) is 30.3 Å². The Morgan fingerprint density at radius 1 is 1.00 bits per heavy atom. The smallest absolute Gasteiger partial charge is 0.226 e. The lowest BCUT2D eigenvalue weighted by Crippen LogP contribution is -2.16. The van der Waals surface area contributed by atoms with E-state index in [1.165, 1.54) is 6.92 Å². The van der Waals surface area contributed by atoms with Crippen LogP contribution in [0.5, 0.6) is 5.75 Å². The highest BCUT2D eigenvalue weighted by atomic mass is 16.5. The van der Waals surface area contributed by atoms with Gasteiger partial charge in [0.1, 0.15) is 5.75 Å². The molecule has 24 heavy (non-hydrogen) atoms. The number of ether oxygens (including phenoxy) is 1. The number of methoxy groups -OCH3 is 1. The third-order valence-electron chi connectivity index (χ3n) is 3.25. The van der Waals surface area contributed by atoms with Crippen molar-refractivity contribution >= 4 is 28.9 Å². The molecular weight excluding hydrogens is 306 g/mol. The number of anilines is 3. The predicted octanol–water partition coefficient (Wildman–Crippen LogP) is 3.09. The second kappa shape index (κ2) is 8.57. The second-order valence-electron chi connectivity index (χ2n) is 5.19. The van der Waals surface area contributed by atoms with Gasteiger partial charge >= 0.3 is 0 Å². The van der Waals surface area contributed by atoms with Crippen LogP contribution in [-0.4, -0.2) is 25.5 Å². The first kappa shape index (κ1) is 17.3. The molecule has 126 valence electrons. The van der Waals surface area contributed by atoms with E-state index in [-0.39, 0.29) is 11.8 Å². The van der Waals surface area contributed by atoms with E-state index in [2.05, 4.69) is 16.0 Å². The number of nitrogens with one attached hydrogen (secondary N) is 3. The van der Waals surface area contributed by atoms with E-state index < -0.39 is 0 Å². The lowest BCUT2D eigenvalue weighted by atomic mass is 10.2. The van der Waals surface area contributed by atoms with Crippen LogP contribution >= 0.6 is 0 Å². The number of carbonyl (C=O) groups excluding carboxylic acids is 2. The number of rotatable bonds is 7. The van der Waals surface area contributed by atoms with E-state index >= 15 is 0 Å². The molecule has 2 aromatic rings. The molecule has 0 fully saturated rings. The van der Waals surface area contributed by atoms with Gasteiger partial charge in [0.25, 0.3) is 0 Å². The summed E-state index contributed by atoms with van der Waals surface area (Å²) in [6, 6.07) is 14.6. The van der Waals surface area contributed by atoms with Crippen LogP contribution in [0.3, 0.4) is 0 Å². The van der Waals surface area contributed by atoms with Gasteiger partial charge in [-0.15, -0.1) is 0 Å². The average Bonchev–Trinajstić information content (AvgIpc) is 2.55. The van der Waals surface area contributed by atoms with Crippen molar-refractivity contribution < 1.29 is 14.3 Å². The van der Waals surface area contributed by atoms with Crippen LogP contribution in [0.2, 0.25) is 0 Å². The van der Waals surface area contributed by atoms with E-state index in [4.69, 9.17) is 4.74 Å². The molecule has 0 atom stereocenters. The fourth-order valence-corrected chi connectivity index (χ4v) is 2.19. The summed E-state index contributed by atoms with van der Waals surface area (Å²) >= 11 is 0. The minimum absolute atomic E-state index is 0.106. The summed E-state index contributed by atoms with van der Waals surface area (Å²) in [7, 11) is 1.56. The number of hydrogen-bond acceptors (Lipinski definition) is 4. The Morgan fingerprint density at radius 3 is 2.50 bits per heavy atom. The maximum absolute atomic E-state index is 12.0. The first-order chi connectivity index (χ1) is 11.6. The predicted molar refractivity (Wildman–Crippen MR) is 95.5 cm³/mol. The molecule has 0 radical (unpaired) electrons. The highest BCUT2D eigenvalue weighted by molar-refractivity contribution is 5.92. The Labute approximate surface area is 141 Å². The highest BCUT2D eigenvalue weighted by Crippen LogP contribution is 2.23. The molecule has 0 aliphatic heterocycles. The van der Waals surface area contributed by atoms with Crippen molar-refractivity contribution in [2.24, 2.45) is 0 Å². The molecule has 3 N–H and O–H groups in total. The monoisotopic (exact) mass is 327 g/mol. The summed E-state index contributed by atoms with van der Waals surface area (Å²) in [5.41, 5.74) is 2.20. The van der Waals surface area contributed by atoms with Gasteiger partial charge in [-0.25, -0.2) is 0 Å². The summed E-state index contributed by atoms with van der Waals surface area (Å²) in [6.45, 7) is 1.94. The van der Waals surface area contributed by atoms with Crippen molar-refractivity contribution in [2.75, 3.05) is 29.6 Å². The lowest BCUT2D eigenvalue weighted by Gasteiger charge is -2.11. The molecule has 2 aromatic carbocycles. The Hall–Kier alpha value is -3.02. The van der Waals surface area contributed by atoms with Gasteiger partial charge in [-0.1, -0.05) is 18.2 Å². The minimum Gasteiger partial charge on any atom is -0.495 e. The van der Waals surface area contributed by atoms with Crippen molar-refractivity contribution in [1.82, 2.24) is 0 Å². The highest BCUT2D eigenvalue weighted by Gasteiger charge is 2.06. The molecule has 0 spiro atoms. The lowest BCUT2D eigenvalue weighted by molar-refractivity contribution is -0.116. The largest absolute Gasteiger partial charge is 0.495 e. The van der Waals surface area contributed by atoms with Crippen LogP contribution in [-0.2, 0) is 9.59 Å². The molecule has 2 rings (SSSR count). The molecule has 0 saturated carbocycles. The third-order valence-corrected chi connectivity index (χ3v) is 3.25. The SMILES string of the molecule is COc1ccccc1NC(=O)CCNc1cccc(NC(C)=O)c1. The summed E-state index contributed by atoms with van der Waals surface area (Å²) < 4.78 is 5.20. The van der Waals surface area contributed by atoms with Gasteiger partial charge in [0.15, 0.2) is 0 Å². The maximum atomic E-state index is 12.0. The standard InChI is InChI=1S/C18H21N3O3/c1-13(22)20-15-7-5-6-14(12-15)19-11-10-18(23)21-16-8-3-4-9-17(16)24-2/h3-9,12,19H,10-11H2,1-2H3,(H,20,22)(H,21,23). The summed E-state index contributed by atoms with van der Waals surface area (Å²) in [5.74, 6) is 0.398. The minimum atomic E-state index is -0.122. The van der Waals surface area contributed by atoms with E-state index in [0.29, 0.717) is 30.1 Å². The summed E-state index contributed by atoms with van der Waals surface area (Å²) in [5, 5.41) is 8.70. The number of carbonyl (C=O) groups is 2. The molecule has 0 saturated heterocycles. The van der Waals surface area contributed by atoms with Gasteiger partial charge in [0, 0.05) is 31.3 Å². The summed E-state index contributed by atoms with van der Waals surface area (Å²) in [4.78, 5) is 23.1. The number of benzene rings is 2. The zero-order valence-corrected chi connectivity index (χ0v) is 13.8. The molecule has 6 nitrogen and oxygen atoms in total. The second-order valence-corrected chi connectivity index (χ2v) is 5.19. The fourth-order valence-electron chi connectivity index (χ4n) is 2.19. The average molecular weight is 327 g/mol. The molecule has 0 aliphatic carbocycles. The Balaban J connectivity index is 1.83. The Kier molecular flexibility index (Phi) is 6.19. The van der Waals surface area contributed by atoms with Crippen LogP contribution in [0.1, 0.15) is 13.3 Å². The zero-order chi connectivity index (χ0) is 17.4. The molecule has 0 heterocycles. The van der Waals surface area contributed by atoms with Gasteiger partial charge in [-0.05, 0) is 30.3 Å². The first-order valence-corrected chi connectivity index (χ1v) is 7.63. The Morgan fingerprint density at radius 2 is 1.75 bits per heavy atom. The Bertz CT molecular complexity index is 716. The van der Waals surface area contributed by atoms with Gasteiger partial charge in [0.05, 0.1) is 12.8 Å². The van der Waals surface area contributed by atoms with Gasteiger partial charge in [0.2, 0.25) is 11.8 Å². The molecular formula is C18H21N3O3. The van der Waals surface area contributed by atoms with E-state index in [9.17, 15) is 9.59 Å². The molecule has 0 unspecified atom stereocenters. The quantitative estimate of drug-likeness (QED) is 0.730. The van der Waals surface area contributed by atoms with Crippen molar-refractivity contribution in [2.45, 2.75) is 13.3 Å². The van der Waals surface area contributed by atoms with Crippen molar-refractivity contribution in [3.8, 4) is 5.75 Å². The number of hydrogen-bond donors (Lipinski definition) is 3. The third kappa shape index (κ3) is 5.31. The fraction of sp³-hybridized carbons (Fsp3) is 0.222. The molecule has 0 bridgehead atoms. The molecule has 6 heteroatoms. The van der Waals surface area contributed by atoms with E-state index in [1.54, 1.807) is 25.3 Å².